The van der Waals surface area contributed by atoms with Crippen LogP contribution in [0.3, 0.4) is 0 Å². The number of halogens is 2. The van der Waals surface area contributed by atoms with Gasteiger partial charge >= 0.3 is 0 Å². The number of nitrogens with one attached hydrogen (secondary N) is 1. The molecule has 0 radical (unpaired) electrons. The van der Waals surface area contributed by atoms with Gasteiger partial charge in [-0.25, -0.2) is 13.8 Å². The molecular formula is C21H24F2N4O3. The summed E-state index contributed by atoms with van der Waals surface area (Å²) in [5, 5.41) is 2.70. The number of para-hydroxylation sites is 2. The third kappa shape index (κ3) is 4.01. The highest BCUT2D eigenvalue weighted by Gasteiger charge is 2.34. The number of imidazole rings is 1. The van der Waals surface area contributed by atoms with Crippen LogP contribution in [0.15, 0.2) is 30.5 Å². The van der Waals surface area contributed by atoms with Crippen molar-refractivity contribution in [3.8, 4) is 5.75 Å². The Morgan fingerprint density at radius 1 is 1.37 bits per heavy atom. The molecule has 0 fully saturated rings. The predicted molar refractivity (Wildman–Crippen MR) is 106 cm³/mol. The van der Waals surface area contributed by atoms with Crippen LogP contribution in [0.5, 0.6) is 5.75 Å². The number of hydrogen-bond acceptors (Lipinski definition) is 4. The number of benzene rings is 1. The standard InChI is InChI=1S/C21H24F2N4O3/c1-21(22,23)9-13-7-8-14-10-24-18(27(14)11-13)19(28)25-15-12-30-17-6-4-3-5-16(17)26(2)20(15)29/h3-6,10,13,15H,7-9,11-12H2,1-2H3,(H,25,28)/t13?,15-/m0/s1. The van der Waals surface area contributed by atoms with Crippen molar-refractivity contribution in [1.82, 2.24) is 14.9 Å². The van der Waals surface area contributed by atoms with Gasteiger partial charge in [0.05, 0.1) is 5.69 Å². The largest absolute Gasteiger partial charge is 0.489 e. The summed E-state index contributed by atoms with van der Waals surface area (Å²) in [5.41, 5.74) is 1.46. The molecule has 2 atom stereocenters. The van der Waals surface area contributed by atoms with Crippen LogP contribution in [0.1, 0.15) is 36.1 Å². The highest BCUT2D eigenvalue weighted by Crippen LogP contribution is 2.32. The normalized spacial score (nSPS) is 21.3. The maximum absolute atomic E-state index is 13.4. The van der Waals surface area contributed by atoms with Crippen molar-refractivity contribution in [2.24, 2.45) is 5.92 Å². The van der Waals surface area contributed by atoms with Crippen LogP contribution < -0.4 is 15.0 Å². The number of nitrogens with zero attached hydrogens (tertiary/aromatic N) is 3. The van der Waals surface area contributed by atoms with Crippen molar-refractivity contribution >= 4 is 17.5 Å². The molecule has 0 saturated carbocycles. The summed E-state index contributed by atoms with van der Waals surface area (Å²) in [7, 11) is 1.63. The number of aromatic nitrogens is 2. The van der Waals surface area contributed by atoms with E-state index in [0.717, 1.165) is 12.6 Å². The van der Waals surface area contributed by atoms with Gasteiger partial charge in [0.1, 0.15) is 18.4 Å². The number of carbonyl (C=O) groups excluding carboxylic acids is 2. The zero-order chi connectivity index (χ0) is 21.5. The number of anilines is 1. The van der Waals surface area contributed by atoms with Crippen LogP contribution in [0.4, 0.5) is 14.5 Å². The van der Waals surface area contributed by atoms with Crippen molar-refractivity contribution in [2.75, 3.05) is 18.6 Å². The SMILES string of the molecule is CN1C(=O)[C@@H](NC(=O)c2ncc3n2CC(CC(C)(F)F)CC3)COc2ccccc21. The second-order valence-corrected chi connectivity index (χ2v) is 8.06. The number of fused-ring (bicyclic) bond motifs is 2. The molecule has 30 heavy (non-hydrogen) atoms. The third-order valence-corrected chi connectivity index (χ3v) is 5.60. The quantitative estimate of drug-likeness (QED) is 0.828. The van der Waals surface area contributed by atoms with E-state index in [4.69, 9.17) is 4.74 Å². The smallest absolute Gasteiger partial charge is 0.288 e. The number of rotatable bonds is 4. The van der Waals surface area contributed by atoms with Gasteiger partial charge < -0.3 is 19.5 Å². The molecule has 4 rings (SSSR count). The second kappa shape index (κ2) is 7.70. The number of ether oxygens (including phenoxy) is 1. The van der Waals surface area contributed by atoms with E-state index in [0.29, 0.717) is 30.8 Å². The summed E-state index contributed by atoms with van der Waals surface area (Å²) in [6.07, 6.45) is 2.59. The lowest BCUT2D eigenvalue weighted by atomic mass is 9.92. The lowest BCUT2D eigenvalue weighted by Crippen LogP contribution is -2.50. The number of likely N-dealkylation sites (N-methyl/N-ethyl adjacent to an activating group) is 1. The van der Waals surface area contributed by atoms with E-state index in [1.807, 2.05) is 6.07 Å². The van der Waals surface area contributed by atoms with Crippen LogP contribution in [-0.2, 0) is 17.8 Å². The fraction of sp³-hybridized carbons (Fsp3) is 0.476. The van der Waals surface area contributed by atoms with Gasteiger partial charge in [0.25, 0.3) is 11.8 Å². The van der Waals surface area contributed by atoms with E-state index in [9.17, 15) is 18.4 Å². The number of carbonyl (C=O) groups is 2. The molecule has 1 aromatic carbocycles. The van der Waals surface area contributed by atoms with Crippen molar-refractivity contribution in [3.63, 3.8) is 0 Å². The Morgan fingerprint density at radius 2 is 2.13 bits per heavy atom. The van der Waals surface area contributed by atoms with Crippen molar-refractivity contribution < 1.29 is 23.1 Å². The van der Waals surface area contributed by atoms with E-state index in [1.54, 1.807) is 36.0 Å². The monoisotopic (exact) mass is 418 g/mol. The van der Waals surface area contributed by atoms with Crippen molar-refractivity contribution in [3.05, 3.63) is 42.0 Å². The number of aryl methyl sites for hydroxylation is 1. The Labute approximate surface area is 173 Å². The fourth-order valence-electron chi connectivity index (χ4n) is 4.15. The van der Waals surface area contributed by atoms with Gasteiger partial charge in [-0.15, -0.1) is 0 Å². The summed E-state index contributed by atoms with van der Waals surface area (Å²) >= 11 is 0. The summed E-state index contributed by atoms with van der Waals surface area (Å²) in [6.45, 7) is 1.21. The molecule has 9 heteroatoms. The van der Waals surface area contributed by atoms with Gasteiger partial charge in [0.2, 0.25) is 5.92 Å². The fourth-order valence-corrected chi connectivity index (χ4v) is 4.15. The average molecular weight is 418 g/mol. The zero-order valence-corrected chi connectivity index (χ0v) is 16.9. The Bertz CT molecular complexity index is 969. The topological polar surface area (TPSA) is 76.5 Å². The molecule has 7 nitrogen and oxygen atoms in total. The molecule has 1 unspecified atom stereocenters. The van der Waals surface area contributed by atoms with Gasteiger partial charge in [-0.2, -0.15) is 0 Å². The number of amides is 2. The molecule has 2 aromatic rings. The van der Waals surface area contributed by atoms with E-state index in [-0.39, 0.29) is 30.7 Å². The van der Waals surface area contributed by atoms with E-state index in [1.165, 1.54) is 4.90 Å². The van der Waals surface area contributed by atoms with Crippen molar-refractivity contribution in [1.29, 1.82) is 0 Å². The minimum Gasteiger partial charge on any atom is -0.489 e. The molecule has 3 heterocycles. The second-order valence-electron chi connectivity index (χ2n) is 8.06. The van der Waals surface area contributed by atoms with E-state index >= 15 is 0 Å². The molecule has 0 saturated heterocycles. The first-order valence-electron chi connectivity index (χ1n) is 9.95. The molecule has 0 aliphatic carbocycles. The highest BCUT2D eigenvalue weighted by molar-refractivity contribution is 6.02. The van der Waals surface area contributed by atoms with Crippen LogP contribution >= 0.6 is 0 Å². The van der Waals surface area contributed by atoms with Crippen LogP contribution in [-0.4, -0.2) is 47.0 Å². The molecule has 2 amide bonds. The van der Waals surface area contributed by atoms with Gasteiger partial charge in [0, 0.05) is 31.9 Å². The van der Waals surface area contributed by atoms with Crippen molar-refractivity contribution in [2.45, 2.75) is 44.7 Å². The first kappa shape index (κ1) is 20.3. The van der Waals surface area contributed by atoms with Gasteiger partial charge in [-0.3, -0.25) is 9.59 Å². The number of hydrogen-bond donors (Lipinski definition) is 1. The van der Waals surface area contributed by atoms with Crippen LogP contribution in [0.2, 0.25) is 0 Å². The Morgan fingerprint density at radius 3 is 2.90 bits per heavy atom. The molecule has 2 aliphatic heterocycles. The lowest BCUT2D eigenvalue weighted by molar-refractivity contribution is -0.120. The summed E-state index contributed by atoms with van der Waals surface area (Å²) in [6, 6.07) is 6.26. The van der Waals surface area contributed by atoms with Crippen LogP contribution in [0.25, 0.3) is 0 Å². The number of alkyl halides is 2. The molecule has 160 valence electrons. The minimum absolute atomic E-state index is 0.00975. The zero-order valence-electron chi connectivity index (χ0n) is 16.9. The maximum atomic E-state index is 13.4. The predicted octanol–water partition coefficient (Wildman–Crippen LogP) is 2.64. The maximum Gasteiger partial charge on any atom is 0.288 e. The minimum atomic E-state index is -2.76. The lowest BCUT2D eigenvalue weighted by Gasteiger charge is -2.27. The summed E-state index contributed by atoms with van der Waals surface area (Å²) in [5.74, 6) is -3.12. The first-order chi connectivity index (χ1) is 14.2. The molecule has 1 aromatic heterocycles. The molecular weight excluding hydrogens is 394 g/mol. The van der Waals surface area contributed by atoms with Gasteiger partial charge in [-0.05, 0) is 37.8 Å². The van der Waals surface area contributed by atoms with Crippen LogP contribution in [0, 0.1) is 5.92 Å². The molecule has 0 bridgehead atoms. The first-order valence-corrected chi connectivity index (χ1v) is 9.95. The van der Waals surface area contributed by atoms with E-state index < -0.39 is 17.9 Å². The van der Waals surface area contributed by atoms with Gasteiger partial charge in [-0.1, -0.05) is 12.1 Å². The third-order valence-electron chi connectivity index (χ3n) is 5.60. The highest BCUT2D eigenvalue weighted by atomic mass is 19.3. The Balaban J connectivity index is 1.49. The van der Waals surface area contributed by atoms with E-state index in [2.05, 4.69) is 10.3 Å². The Kier molecular flexibility index (Phi) is 5.21. The molecule has 1 N–H and O–H groups in total. The Hall–Kier alpha value is -2.97. The average Bonchev–Trinajstić information content (AvgIpc) is 3.07. The van der Waals surface area contributed by atoms with Gasteiger partial charge in [0.15, 0.2) is 5.82 Å². The summed E-state index contributed by atoms with van der Waals surface area (Å²) < 4.78 is 34.3. The molecule has 0 spiro atoms. The summed E-state index contributed by atoms with van der Waals surface area (Å²) in [4.78, 5) is 31.4. The molecule has 2 aliphatic rings.